The van der Waals surface area contributed by atoms with E-state index >= 15 is 0 Å². The molecule has 362 valence electrons. The van der Waals surface area contributed by atoms with Gasteiger partial charge in [0.1, 0.15) is 66.8 Å². The molecule has 3 aromatic carbocycles. The third-order valence-corrected chi connectivity index (χ3v) is 13.8. The lowest BCUT2D eigenvalue weighted by molar-refractivity contribution is -0.355. The van der Waals surface area contributed by atoms with E-state index in [1.807, 2.05) is 47.2 Å². The van der Waals surface area contributed by atoms with E-state index in [0.717, 1.165) is 10.9 Å². The molecule has 11 N–H and O–H groups in total. The van der Waals surface area contributed by atoms with Crippen molar-refractivity contribution in [3.8, 4) is 52.4 Å². The molecule has 7 aliphatic heterocycles. The van der Waals surface area contributed by atoms with E-state index in [9.17, 15) is 45.3 Å². The van der Waals surface area contributed by atoms with E-state index < -0.39 is 104 Å². The van der Waals surface area contributed by atoms with Gasteiger partial charge in [-0.3, -0.25) is 9.59 Å². The first-order valence-corrected chi connectivity index (χ1v) is 22.4. The number of carboxylic acid groups (broad SMARTS) is 1. The Morgan fingerprint density at radius 3 is 2.61 bits per heavy atom. The number of carbonyl (C=O) groups excluding carboxylic acids is 1. The van der Waals surface area contributed by atoms with Crippen LogP contribution >= 0.6 is 0 Å². The molecule has 0 saturated carbocycles. The van der Waals surface area contributed by atoms with E-state index in [1.165, 1.54) is 12.3 Å². The summed E-state index contributed by atoms with van der Waals surface area (Å²) in [6.07, 6.45) is -7.54. The van der Waals surface area contributed by atoms with Gasteiger partial charge in [-0.05, 0) is 30.0 Å². The number of ether oxygens (including phenoxy) is 7. The Kier molecular flexibility index (Phi) is 11.2. The first kappa shape index (κ1) is 45.2. The third-order valence-electron chi connectivity index (χ3n) is 13.8. The number of aromatic amines is 1. The molecule has 2 aromatic heterocycles. The van der Waals surface area contributed by atoms with Gasteiger partial charge in [0.25, 0.3) is 0 Å². The van der Waals surface area contributed by atoms with Crippen LogP contribution in [0.4, 0.5) is 0 Å². The molecule has 1 fully saturated rings. The van der Waals surface area contributed by atoms with Crippen molar-refractivity contribution in [3.05, 3.63) is 113 Å². The number of hydrogen-bond acceptors (Lipinski definition) is 17. The van der Waals surface area contributed by atoms with Crippen molar-refractivity contribution in [1.82, 2.24) is 14.9 Å². The molecule has 1 spiro atoms. The highest BCUT2D eigenvalue weighted by Gasteiger charge is 2.69. The van der Waals surface area contributed by atoms with Crippen LogP contribution in [-0.4, -0.2) is 125 Å². The summed E-state index contributed by atoms with van der Waals surface area (Å²) >= 11 is 0. The minimum absolute atomic E-state index is 0.00499. The van der Waals surface area contributed by atoms with Gasteiger partial charge in [-0.1, -0.05) is 60.1 Å². The van der Waals surface area contributed by atoms with Gasteiger partial charge in [0.05, 0.1) is 35.2 Å². The van der Waals surface area contributed by atoms with Gasteiger partial charge in [0, 0.05) is 53.5 Å². The number of hydrogen-bond donors (Lipinski definition) is 10. The highest BCUT2D eigenvalue weighted by Crippen LogP contribution is 2.61. The van der Waals surface area contributed by atoms with Crippen LogP contribution in [0, 0.1) is 23.7 Å². The Hall–Kier alpha value is -7.24. The molecule has 12 rings (SSSR count). The smallest absolute Gasteiger partial charge is 0.317 e. The molecule has 6 bridgehead atoms. The molecule has 0 radical (unpaired) electrons. The number of H-pyrrole nitrogens is 1. The first-order chi connectivity index (χ1) is 33.8. The minimum atomic E-state index is -2.59. The number of rotatable bonds is 9. The first-order valence-electron chi connectivity index (χ1n) is 22.4. The quantitative estimate of drug-likeness (QED) is 0.0424. The summed E-state index contributed by atoms with van der Waals surface area (Å²) in [5.41, 5.74) is 5.34. The summed E-state index contributed by atoms with van der Waals surface area (Å²) in [4.78, 5) is 27.7. The largest absolute Gasteiger partial charge is 0.487 e. The molecule has 0 unspecified atom stereocenters. The molecule has 0 aliphatic carbocycles. The number of aliphatic carboxylic acids is 1. The van der Waals surface area contributed by atoms with Gasteiger partial charge in [-0.2, -0.15) is 0 Å². The Morgan fingerprint density at radius 1 is 1.00 bits per heavy atom. The van der Waals surface area contributed by atoms with Gasteiger partial charge < -0.3 is 89.5 Å². The monoisotopic (exact) mass is 958 g/mol. The lowest BCUT2D eigenvalue weighted by atomic mass is 9.67. The fraction of sp³-hybridized carbons (Fsp3) is 0.360. The van der Waals surface area contributed by atoms with Gasteiger partial charge in [0.2, 0.25) is 12.0 Å². The third kappa shape index (κ3) is 7.10. The Bertz CT molecular complexity index is 3080. The molecule has 1 saturated heterocycles. The summed E-state index contributed by atoms with van der Waals surface area (Å²) in [6, 6.07) is 16.2. The number of nitrogens with zero attached hydrogens (tertiary/aromatic N) is 1. The second kappa shape index (κ2) is 17.3. The van der Waals surface area contributed by atoms with Crippen molar-refractivity contribution in [2.45, 2.75) is 98.1 Å². The molecular weight excluding hydrogens is 913 g/mol. The molecule has 20 nitrogen and oxygen atoms in total. The van der Waals surface area contributed by atoms with Crippen LogP contribution in [-0.2, 0) is 32.2 Å². The average molecular weight is 959 g/mol. The van der Waals surface area contributed by atoms with Gasteiger partial charge in [0.15, 0.2) is 30.0 Å². The molecule has 9 heterocycles. The van der Waals surface area contributed by atoms with E-state index in [2.05, 4.69) is 34.0 Å². The molecular formula is C50H46N4O16. The lowest BCUT2D eigenvalue weighted by Gasteiger charge is -2.57. The van der Waals surface area contributed by atoms with Gasteiger partial charge in [-0.25, -0.2) is 0 Å². The van der Waals surface area contributed by atoms with Crippen molar-refractivity contribution in [2.75, 3.05) is 13.4 Å². The number of aromatic nitrogens is 2. The predicted octanol–water partition coefficient (Wildman–Crippen LogP) is 0.828. The summed E-state index contributed by atoms with van der Waals surface area (Å²) in [5, 5.41) is 81.3. The zero-order valence-electron chi connectivity index (χ0n) is 36.9. The molecule has 7 aliphatic rings. The standard InChI is InChI=1S/C50H46N4O16/c51-47-46(68-36(60)18-35(58)59)50(14-16-53-47)49(63)13-4-7-28-30(20-54-19-25-12-15-52-39(25)31(54)21-55)37-34(17-33(28)67-48(70-50)40(61)45(49)62)66-41-27(24-5-2-1-3-6-24)9-8-26(57)22-64-43-32(65-23-56)11-10-29-38(41)44(37)69-42(29)43/h1-3,5-6,10-12,14-17,19,26-27,38,40-41,44-48,52-53,55-57,61-63H,13,18,20-23,51H2,(H,58,59)/t26-,27-,38+,40+,41-,44-,45+,46-,47+,48+,49-,50+/m0/s1. The Balaban J connectivity index is 1.14. The van der Waals surface area contributed by atoms with Gasteiger partial charge in [-0.15, -0.1) is 0 Å². The normalized spacial score (nSPS) is 30.8. The predicted molar refractivity (Wildman–Crippen MR) is 240 cm³/mol. The number of nitrogens with two attached hydrogens (primary N) is 1. The van der Waals surface area contributed by atoms with Crippen molar-refractivity contribution >= 4 is 22.8 Å². The maximum Gasteiger partial charge on any atom is 0.317 e. The lowest BCUT2D eigenvalue weighted by Crippen LogP contribution is -2.80. The fourth-order valence-corrected chi connectivity index (χ4v) is 10.7. The summed E-state index contributed by atoms with van der Waals surface area (Å²) < 4.78 is 46.6. The van der Waals surface area contributed by atoms with Crippen LogP contribution in [0.3, 0.4) is 0 Å². The van der Waals surface area contributed by atoms with Crippen LogP contribution in [0.15, 0.2) is 79.3 Å². The maximum atomic E-state index is 13.0. The van der Waals surface area contributed by atoms with Crippen molar-refractivity contribution in [2.24, 2.45) is 5.73 Å². The number of aliphatic hydroxyl groups excluding tert-OH is 5. The summed E-state index contributed by atoms with van der Waals surface area (Å²) in [7, 11) is 0. The number of nitrogens with one attached hydrogen (secondary N) is 2. The van der Waals surface area contributed by atoms with Gasteiger partial charge >= 0.3 is 11.9 Å². The molecule has 70 heavy (non-hydrogen) atoms. The number of esters is 1. The zero-order valence-corrected chi connectivity index (χ0v) is 36.9. The highest BCUT2D eigenvalue weighted by molar-refractivity contribution is 5.90. The number of benzene rings is 3. The Morgan fingerprint density at radius 2 is 1.83 bits per heavy atom. The number of carbonyl (C=O) groups is 2. The zero-order chi connectivity index (χ0) is 48.6. The maximum absolute atomic E-state index is 13.0. The number of carboxylic acids is 1. The SMILES string of the molecule is N[C@@H]1NC=C[C@@]2(O[C@H]3Oc4cc5c(c(Cn6cc7cc[nH]c7c6CO)c4C#CC[C@]2(O)[C@H](O)[C@H]3O)[C@@H]2Oc3c4ccc(OCO)c3OC[C@@H](O)C#C[C@@H](c3ccccc3)[C@H](O5)[C@@H]42)[C@H]1OC(=O)CC(=O)O. The highest BCUT2D eigenvalue weighted by atomic mass is 16.7. The second-order valence-corrected chi connectivity index (χ2v) is 17.8. The molecule has 5 aromatic rings. The summed E-state index contributed by atoms with van der Waals surface area (Å²) in [6.45, 7) is -1.33. The molecule has 12 atom stereocenters. The van der Waals surface area contributed by atoms with E-state index in [4.69, 9.17) is 38.9 Å². The van der Waals surface area contributed by atoms with Crippen molar-refractivity contribution < 1.29 is 78.5 Å². The minimum Gasteiger partial charge on any atom is -0.487 e. The van der Waals surface area contributed by atoms with Crippen LogP contribution in [0.5, 0.6) is 28.7 Å². The van der Waals surface area contributed by atoms with Crippen LogP contribution in [0.2, 0.25) is 0 Å². The molecule has 20 heteroatoms. The van der Waals surface area contributed by atoms with Crippen LogP contribution in [0.25, 0.3) is 10.9 Å². The van der Waals surface area contributed by atoms with Crippen LogP contribution in [0.1, 0.15) is 64.3 Å². The molecule has 0 amide bonds. The van der Waals surface area contributed by atoms with Crippen molar-refractivity contribution in [1.29, 1.82) is 0 Å². The second-order valence-electron chi connectivity index (χ2n) is 17.8. The summed E-state index contributed by atoms with van der Waals surface area (Å²) in [5.74, 6) is 9.02. The Labute approximate surface area is 397 Å². The fourth-order valence-electron chi connectivity index (χ4n) is 10.7. The van der Waals surface area contributed by atoms with E-state index in [0.29, 0.717) is 27.9 Å². The van der Waals surface area contributed by atoms with E-state index in [1.54, 1.807) is 24.4 Å². The topological polar surface area (TPSA) is 299 Å². The number of fused-ring (bicyclic) bond motifs is 5. The van der Waals surface area contributed by atoms with E-state index in [-0.39, 0.29) is 54.1 Å². The van der Waals surface area contributed by atoms with Crippen molar-refractivity contribution in [3.63, 3.8) is 0 Å². The van der Waals surface area contributed by atoms with Crippen LogP contribution < -0.4 is 34.7 Å². The number of aliphatic hydroxyl groups is 6. The average Bonchev–Trinajstić information content (AvgIpc) is 4.05.